The SMILES string of the molecule is CCOc1ccc(N(c2ccc(OCC)cc2)c2ccc3c(c2)c2cc4c(cc2n3-c2ccc3c(c2)-c2cccc[n+]2C3CC)C(C)(C)c2ccccc2-4)cc1. The van der Waals surface area contributed by atoms with Gasteiger partial charge < -0.3 is 18.9 Å². The van der Waals surface area contributed by atoms with Crippen molar-refractivity contribution in [2.75, 3.05) is 18.1 Å². The summed E-state index contributed by atoms with van der Waals surface area (Å²) < 4.78 is 16.6. The molecule has 5 heteroatoms. The van der Waals surface area contributed by atoms with Gasteiger partial charge in [0, 0.05) is 63.1 Å². The largest absolute Gasteiger partial charge is 0.494 e. The molecule has 3 heterocycles. The number of benzene rings is 6. The fourth-order valence-corrected chi connectivity index (χ4v) is 9.50. The van der Waals surface area contributed by atoms with Crippen LogP contribution < -0.4 is 18.9 Å². The number of pyridine rings is 1. The second kappa shape index (κ2) is 13.2. The van der Waals surface area contributed by atoms with E-state index >= 15 is 0 Å². The van der Waals surface area contributed by atoms with Gasteiger partial charge in [-0.15, -0.1) is 0 Å². The molecule has 0 spiro atoms. The Labute approximate surface area is 329 Å². The lowest BCUT2D eigenvalue weighted by molar-refractivity contribution is -0.698. The van der Waals surface area contributed by atoms with E-state index in [1.807, 2.05) is 13.8 Å². The van der Waals surface area contributed by atoms with Crippen LogP contribution in [0.15, 0.2) is 146 Å². The Morgan fingerprint density at radius 2 is 1.25 bits per heavy atom. The number of anilines is 3. The molecule has 2 aromatic heterocycles. The highest BCUT2D eigenvalue weighted by Gasteiger charge is 2.37. The van der Waals surface area contributed by atoms with E-state index < -0.39 is 0 Å². The summed E-state index contributed by atoms with van der Waals surface area (Å²) in [6.45, 7) is 12.3. The Morgan fingerprint density at radius 1 is 0.589 bits per heavy atom. The molecule has 2 aliphatic rings. The van der Waals surface area contributed by atoms with Crippen LogP contribution in [0.2, 0.25) is 0 Å². The van der Waals surface area contributed by atoms with Crippen molar-refractivity contribution >= 4 is 38.9 Å². The van der Waals surface area contributed by atoms with Crippen LogP contribution in [-0.4, -0.2) is 17.8 Å². The van der Waals surface area contributed by atoms with E-state index in [1.54, 1.807) is 0 Å². The van der Waals surface area contributed by atoms with Crippen molar-refractivity contribution in [2.24, 2.45) is 0 Å². The normalized spacial score (nSPS) is 14.7. The molecule has 0 radical (unpaired) electrons. The van der Waals surface area contributed by atoms with Gasteiger partial charge in [0.1, 0.15) is 11.5 Å². The fourth-order valence-electron chi connectivity index (χ4n) is 9.50. The lowest BCUT2D eigenvalue weighted by Crippen LogP contribution is -2.36. The summed E-state index contributed by atoms with van der Waals surface area (Å²) >= 11 is 0. The minimum absolute atomic E-state index is 0.119. The molecule has 1 atom stereocenters. The monoisotopic (exact) mass is 732 g/mol. The number of rotatable bonds is 9. The van der Waals surface area contributed by atoms with Crippen LogP contribution in [0.25, 0.3) is 49.9 Å². The number of fused-ring (bicyclic) bond motifs is 9. The minimum Gasteiger partial charge on any atom is -0.494 e. The number of hydrogen-bond donors (Lipinski definition) is 0. The van der Waals surface area contributed by atoms with Crippen LogP contribution >= 0.6 is 0 Å². The van der Waals surface area contributed by atoms with Gasteiger partial charge in [0.25, 0.3) is 0 Å². The molecule has 276 valence electrons. The molecule has 1 aliphatic heterocycles. The molecule has 10 rings (SSSR count). The number of hydrogen-bond acceptors (Lipinski definition) is 3. The number of ether oxygens (including phenoxy) is 2. The van der Waals surface area contributed by atoms with Crippen molar-refractivity contribution in [3.8, 4) is 39.6 Å². The predicted molar refractivity (Wildman–Crippen MR) is 229 cm³/mol. The molecule has 0 amide bonds. The summed E-state index contributed by atoms with van der Waals surface area (Å²) in [5.41, 5.74) is 16.0. The van der Waals surface area contributed by atoms with Gasteiger partial charge in [0.05, 0.1) is 29.8 Å². The average molecular weight is 733 g/mol. The van der Waals surface area contributed by atoms with E-state index in [0.29, 0.717) is 19.3 Å². The van der Waals surface area contributed by atoms with Crippen molar-refractivity contribution in [2.45, 2.75) is 52.5 Å². The molecule has 56 heavy (non-hydrogen) atoms. The first kappa shape index (κ1) is 34.2. The maximum atomic E-state index is 5.84. The predicted octanol–water partition coefficient (Wildman–Crippen LogP) is 12.6. The zero-order valence-electron chi connectivity index (χ0n) is 32.7. The van der Waals surface area contributed by atoms with Crippen molar-refractivity contribution in [3.05, 3.63) is 162 Å². The van der Waals surface area contributed by atoms with E-state index in [4.69, 9.17) is 9.47 Å². The van der Waals surface area contributed by atoms with Crippen LogP contribution in [0.3, 0.4) is 0 Å². The highest BCUT2D eigenvalue weighted by Crippen LogP contribution is 2.51. The van der Waals surface area contributed by atoms with Gasteiger partial charge in [-0.2, -0.15) is 4.57 Å². The molecular formula is C51H46N3O2+. The lowest BCUT2D eigenvalue weighted by Gasteiger charge is -2.26. The molecule has 1 unspecified atom stereocenters. The third-order valence-corrected chi connectivity index (χ3v) is 12.1. The Bertz CT molecular complexity index is 2750. The van der Waals surface area contributed by atoms with Gasteiger partial charge in [0.2, 0.25) is 5.69 Å². The van der Waals surface area contributed by atoms with E-state index in [2.05, 4.69) is 181 Å². The molecule has 6 aromatic carbocycles. The first-order valence-corrected chi connectivity index (χ1v) is 20.0. The average Bonchev–Trinajstić information content (AvgIpc) is 3.80. The Balaban J connectivity index is 1.22. The van der Waals surface area contributed by atoms with Crippen LogP contribution in [-0.2, 0) is 5.41 Å². The standard InChI is InChI=1S/C51H46N3O2/c1-6-47-40-26-20-36(30-42(40)48-15-11-12-28-52(47)48)54-49-27-21-35(53(33-16-22-37(23-17-33)55-7-2)34-18-24-38(25-19-34)56-8-3)29-43(49)44-31-41-39-13-9-10-14-45(39)51(4,5)46(41)32-50(44)54/h9-32,47H,6-8H2,1-5H3/q+1. The van der Waals surface area contributed by atoms with E-state index in [9.17, 15) is 0 Å². The molecule has 8 aromatic rings. The third kappa shape index (κ3) is 5.17. The fraction of sp³-hybridized carbons (Fsp3) is 0.196. The van der Waals surface area contributed by atoms with Gasteiger partial charge in [0.15, 0.2) is 12.2 Å². The van der Waals surface area contributed by atoms with Gasteiger partial charge in [-0.05, 0) is 139 Å². The van der Waals surface area contributed by atoms with E-state index in [-0.39, 0.29) is 5.41 Å². The molecule has 0 bridgehead atoms. The van der Waals surface area contributed by atoms with E-state index in [1.165, 1.54) is 66.6 Å². The minimum atomic E-state index is -0.119. The topological polar surface area (TPSA) is 30.5 Å². The zero-order chi connectivity index (χ0) is 38.1. The van der Waals surface area contributed by atoms with Crippen LogP contribution in [0, 0.1) is 0 Å². The molecule has 0 saturated heterocycles. The first-order valence-electron chi connectivity index (χ1n) is 20.0. The summed E-state index contributed by atoms with van der Waals surface area (Å²) in [6.07, 6.45) is 3.28. The van der Waals surface area contributed by atoms with Gasteiger partial charge in [-0.25, -0.2) is 0 Å². The Kier molecular flexibility index (Phi) is 8.03. The van der Waals surface area contributed by atoms with Gasteiger partial charge in [-0.3, -0.25) is 0 Å². The van der Waals surface area contributed by atoms with E-state index in [0.717, 1.165) is 35.0 Å². The number of aromatic nitrogens is 2. The molecular weight excluding hydrogens is 687 g/mol. The molecule has 5 nitrogen and oxygen atoms in total. The maximum Gasteiger partial charge on any atom is 0.213 e. The molecule has 1 aliphatic carbocycles. The van der Waals surface area contributed by atoms with Crippen molar-refractivity contribution in [1.82, 2.24) is 4.57 Å². The van der Waals surface area contributed by atoms with Crippen molar-refractivity contribution in [3.63, 3.8) is 0 Å². The summed E-state index contributed by atoms with van der Waals surface area (Å²) in [5, 5.41) is 2.46. The second-order valence-corrected chi connectivity index (χ2v) is 15.5. The lowest BCUT2D eigenvalue weighted by atomic mass is 9.82. The highest BCUT2D eigenvalue weighted by atomic mass is 16.5. The van der Waals surface area contributed by atoms with Gasteiger partial charge >= 0.3 is 0 Å². The van der Waals surface area contributed by atoms with Crippen molar-refractivity contribution < 1.29 is 14.0 Å². The van der Waals surface area contributed by atoms with Crippen molar-refractivity contribution in [1.29, 1.82) is 0 Å². The third-order valence-electron chi connectivity index (χ3n) is 12.1. The maximum absolute atomic E-state index is 5.84. The summed E-state index contributed by atoms with van der Waals surface area (Å²) in [6, 6.07) is 51.7. The first-order chi connectivity index (χ1) is 27.4. The quantitative estimate of drug-likeness (QED) is 0.138. The zero-order valence-corrected chi connectivity index (χ0v) is 32.7. The molecule has 0 saturated carbocycles. The Hall–Kier alpha value is -6.33. The molecule has 0 fully saturated rings. The smallest absolute Gasteiger partial charge is 0.213 e. The highest BCUT2D eigenvalue weighted by molar-refractivity contribution is 6.13. The van der Waals surface area contributed by atoms with Crippen LogP contribution in [0.4, 0.5) is 17.1 Å². The molecule has 0 N–H and O–H groups in total. The Morgan fingerprint density at radius 3 is 1.95 bits per heavy atom. The van der Waals surface area contributed by atoms with Crippen LogP contribution in [0.5, 0.6) is 11.5 Å². The summed E-state index contributed by atoms with van der Waals surface area (Å²) in [7, 11) is 0. The summed E-state index contributed by atoms with van der Waals surface area (Å²) in [4.78, 5) is 2.33. The second-order valence-electron chi connectivity index (χ2n) is 15.5. The van der Waals surface area contributed by atoms with Crippen LogP contribution in [0.1, 0.15) is 63.8 Å². The van der Waals surface area contributed by atoms with Gasteiger partial charge in [-0.1, -0.05) is 45.0 Å². The number of nitrogens with zero attached hydrogens (tertiary/aromatic N) is 3. The summed E-state index contributed by atoms with van der Waals surface area (Å²) in [5.74, 6) is 1.72.